The summed E-state index contributed by atoms with van der Waals surface area (Å²) in [4.78, 5) is 12.4. The number of alkyl halides is 1. The Labute approximate surface area is 128 Å². The first kappa shape index (κ1) is 16.8. The molecule has 2 fully saturated rings. The van der Waals surface area contributed by atoms with Crippen molar-refractivity contribution < 1.29 is 18.8 Å². The van der Waals surface area contributed by atoms with Gasteiger partial charge in [-0.25, -0.2) is 9.18 Å². The highest BCUT2D eigenvalue weighted by Crippen LogP contribution is 2.48. The van der Waals surface area contributed by atoms with E-state index in [2.05, 4.69) is 4.72 Å². The van der Waals surface area contributed by atoms with Crippen LogP contribution in [0.25, 0.3) is 0 Å². The molecule has 1 amide bonds. The summed E-state index contributed by atoms with van der Waals surface area (Å²) in [5.41, 5.74) is -0.258. The molecule has 1 saturated carbocycles. The van der Waals surface area contributed by atoms with E-state index in [-0.39, 0.29) is 11.5 Å². The number of halogens is 1. The normalized spacial score (nSPS) is 30.6. The minimum absolute atomic E-state index is 0.136. The van der Waals surface area contributed by atoms with Gasteiger partial charge in [-0.15, -0.1) is 4.72 Å². The average Bonchev–Trinajstić information content (AvgIpc) is 2.64. The predicted octanol–water partition coefficient (Wildman–Crippen LogP) is 2.30. The maximum absolute atomic E-state index is 13.9. The molecule has 7 heteroatoms. The van der Waals surface area contributed by atoms with Gasteiger partial charge in [-0.3, -0.25) is 0 Å². The molecule has 2 N–H and O–H groups in total. The third-order valence-corrected chi connectivity index (χ3v) is 6.30. The van der Waals surface area contributed by atoms with Crippen LogP contribution < -0.4 is 4.72 Å². The van der Waals surface area contributed by atoms with Crippen LogP contribution in [0.2, 0.25) is 0 Å². The third kappa shape index (κ3) is 3.63. The first-order chi connectivity index (χ1) is 9.64. The zero-order valence-electron chi connectivity index (χ0n) is 12.9. The van der Waals surface area contributed by atoms with Gasteiger partial charge in [-0.2, -0.15) is 0 Å². The van der Waals surface area contributed by atoms with Gasteiger partial charge in [0.05, 0.1) is 6.04 Å². The van der Waals surface area contributed by atoms with Crippen LogP contribution in [0.3, 0.4) is 0 Å². The summed E-state index contributed by atoms with van der Waals surface area (Å²) < 4.78 is 29.0. The molecule has 3 unspecified atom stereocenters. The van der Waals surface area contributed by atoms with Crippen LogP contribution >= 0.6 is 0 Å². The summed E-state index contributed by atoms with van der Waals surface area (Å²) in [5.74, 6) is 0. The molecule has 122 valence electrons. The van der Waals surface area contributed by atoms with E-state index in [9.17, 15) is 13.7 Å². The summed E-state index contributed by atoms with van der Waals surface area (Å²) in [5, 5.41) is 9.03. The van der Waals surface area contributed by atoms with Gasteiger partial charge < -0.3 is 14.6 Å². The fraction of sp³-hybridized carbons (Fsp3) is 0.929. The number of likely N-dealkylation sites (tertiary alicyclic amines) is 1. The molecule has 5 nitrogen and oxygen atoms in total. The number of piperidine rings is 1. The van der Waals surface area contributed by atoms with Gasteiger partial charge in [0, 0.05) is 24.5 Å². The number of rotatable bonds is 2. The van der Waals surface area contributed by atoms with Gasteiger partial charge in [0.2, 0.25) is 0 Å². The van der Waals surface area contributed by atoms with Crippen LogP contribution in [0, 0.1) is 5.41 Å². The topological polar surface area (TPSA) is 75.6 Å². The average molecular weight is 320 g/mol. The number of hydrogen-bond acceptors (Lipinski definition) is 3. The van der Waals surface area contributed by atoms with Crippen LogP contribution in [0.15, 0.2) is 0 Å². The lowest BCUT2D eigenvalue weighted by atomic mass is 9.74. The zero-order valence-corrected chi connectivity index (χ0v) is 13.7. The number of amides is 1. The monoisotopic (exact) mass is 320 g/mol. The van der Waals surface area contributed by atoms with E-state index < -0.39 is 28.4 Å². The molecule has 0 aromatic heterocycles. The molecule has 21 heavy (non-hydrogen) atoms. The number of hydrogen-bond donors (Lipinski definition) is 2. The summed E-state index contributed by atoms with van der Waals surface area (Å²) in [6.45, 7) is 6.53. The van der Waals surface area contributed by atoms with Gasteiger partial charge in [-0.1, -0.05) is 0 Å². The zero-order chi connectivity index (χ0) is 15.8. The van der Waals surface area contributed by atoms with Crippen LogP contribution in [0.1, 0.15) is 46.5 Å². The molecule has 0 aromatic carbocycles. The van der Waals surface area contributed by atoms with E-state index in [4.69, 9.17) is 5.11 Å². The lowest BCUT2D eigenvalue weighted by Gasteiger charge is -2.42. The molecule has 0 bridgehead atoms. The van der Waals surface area contributed by atoms with Gasteiger partial charge >= 0.3 is 6.09 Å². The molecule has 1 spiro atoms. The van der Waals surface area contributed by atoms with Crippen molar-refractivity contribution in [3.63, 3.8) is 0 Å². The molecule has 3 atom stereocenters. The van der Waals surface area contributed by atoms with E-state index in [0.717, 1.165) is 0 Å². The highest BCUT2D eigenvalue weighted by atomic mass is 32.2. The summed E-state index contributed by atoms with van der Waals surface area (Å²) in [7, 11) is 0. The Bertz CT molecular complexity index is 394. The minimum atomic E-state index is -1.23. The van der Waals surface area contributed by atoms with Crippen molar-refractivity contribution >= 4 is 17.5 Å². The number of carboxylic acid groups (broad SMARTS) is 1. The van der Waals surface area contributed by atoms with Crippen molar-refractivity contribution in [2.75, 3.05) is 13.1 Å². The maximum Gasteiger partial charge on any atom is 0.407 e. The number of nitrogens with zero attached hydrogens (tertiary/aromatic N) is 1. The van der Waals surface area contributed by atoms with E-state index in [1.165, 1.54) is 4.90 Å². The van der Waals surface area contributed by atoms with Crippen molar-refractivity contribution in [3.05, 3.63) is 0 Å². The quantitative estimate of drug-likeness (QED) is 0.766. The predicted molar refractivity (Wildman–Crippen MR) is 80.2 cm³/mol. The van der Waals surface area contributed by atoms with E-state index in [1.807, 2.05) is 20.8 Å². The Morgan fingerprint density at radius 2 is 2.00 bits per heavy atom. The molecule has 1 heterocycles. The molecule has 2 rings (SSSR count). The summed E-state index contributed by atoms with van der Waals surface area (Å²) in [6.07, 6.45) is 0.282. The lowest BCUT2D eigenvalue weighted by molar-refractivity contribution is 0.0777. The molecule has 2 aliphatic rings. The van der Waals surface area contributed by atoms with Crippen molar-refractivity contribution in [1.82, 2.24) is 9.62 Å². The smallest absolute Gasteiger partial charge is 0.407 e. The second-order valence-electron chi connectivity index (χ2n) is 7.22. The SMILES string of the molecule is CC(C)(C)[S+]([O-])NC1CC(F)CC12CCN(C(=O)O)CC2. The minimum Gasteiger partial charge on any atom is -0.598 e. The second kappa shape index (κ2) is 5.93. The van der Waals surface area contributed by atoms with Gasteiger partial charge in [0.1, 0.15) is 10.9 Å². The van der Waals surface area contributed by atoms with Crippen LogP contribution in [0.5, 0.6) is 0 Å². The molecule has 0 aromatic rings. The van der Waals surface area contributed by atoms with Crippen LogP contribution in [0.4, 0.5) is 9.18 Å². The fourth-order valence-electron chi connectivity index (χ4n) is 3.35. The van der Waals surface area contributed by atoms with Crippen LogP contribution in [-0.4, -0.2) is 50.7 Å². The lowest BCUT2D eigenvalue weighted by Crippen LogP contribution is -2.53. The van der Waals surface area contributed by atoms with Gasteiger partial charge in [0.15, 0.2) is 0 Å². The molecule has 1 aliphatic heterocycles. The standard InChI is InChI=1S/C14H25FN2O3S/c1-13(2,3)21(20)16-11-8-10(15)9-14(11)4-6-17(7-5-14)12(18)19/h10-11,16H,4-9H2,1-3H3,(H,18,19). The fourth-order valence-corrected chi connectivity index (χ4v) is 4.31. The number of nitrogens with one attached hydrogen (secondary N) is 1. The van der Waals surface area contributed by atoms with Crippen molar-refractivity contribution in [1.29, 1.82) is 0 Å². The van der Waals surface area contributed by atoms with E-state index in [1.54, 1.807) is 0 Å². The van der Waals surface area contributed by atoms with Crippen molar-refractivity contribution in [3.8, 4) is 0 Å². The summed E-state index contributed by atoms with van der Waals surface area (Å²) in [6, 6.07) is -0.136. The molecular weight excluding hydrogens is 295 g/mol. The van der Waals surface area contributed by atoms with Crippen LogP contribution in [-0.2, 0) is 11.4 Å². The molecule has 0 radical (unpaired) electrons. The summed E-state index contributed by atoms with van der Waals surface area (Å²) >= 11 is -1.23. The molecular formula is C14H25FN2O3S. The van der Waals surface area contributed by atoms with Crippen molar-refractivity contribution in [2.45, 2.75) is 63.4 Å². The third-order valence-electron chi connectivity index (χ3n) is 4.69. The highest BCUT2D eigenvalue weighted by Gasteiger charge is 2.51. The maximum atomic E-state index is 13.9. The Morgan fingerprint density at radius 3 is 2.48 bits per heavy atom. The molecule has 1 saturated heterocycles. The molecule has 1 aliphatic carbocycles. The van der Waals surface area contributed by atoms with Crippen molar-refractivity contribution in [2.24, 2.45) is 5.41 Å². The number of carbonyl (C=O) groups is 1. The second-order valence-corrected chi connectivity index (χ2v) is 9.22. The Morgan fingerprint density at radius 1 is 1.43 bits per heavy atom. The Balaban J connectivity index is 2.05. The Hall–Kier alpha value is -0.530. The largest absolute Gasteiger partial charge is 0.598 e. The van der Waals surface area contributed by atoms with E-state index >= 15 is 0 Å². The first-order valence-corrected chi connectivity index (χ1v) is 8.59. The van der Waals surface area contributed by atoms with E-state index in [0.29, 0.717) is 38.8 Å². The Kier molecular flexibility index (Phi) is 4.75. The first-order valence-electron chi connectivity index (χ1n) is 7.44. The van der Waals surface area contributed by atoms with Gasteiger partial charge in [0.25, 0.3) is 0 Å². The highest BCUT2D eigenvalue weighted by molar-refractivity contribution is 7.90. The van der Waals surface area contributed by atoms with Gasteiger partial charge in [-0.05, 0) is 51.9 Å².